The van der Waals surface area contributed by atoms with Gasteiger partial charge in [-0.1, -0.05) is 0 Å². The molecule has 0 spiro atoms. The molecule has 0 unspecified atom stereocenters. The van der Waals surface area contributed by atoms with E-state index in [0.717, 1.165) is 12.1 Å². The zero-order valence-electron chi connectivity index (χ0n) is 9.37. The highest BCUT2D eigenvalue weighted by molar-refractivity contribution is 5.93. The van der Waals surface area contributed by atoms with E-state index >= 15 is 0 Å². The number of hydrogen-bond acceptors (Lipinski definition) is 2. The minimum absolute atomic E-state index is 0.187. The van der Waals surface area contributed by atoms with Crippen molar-refractivity contribution < 1.29 is 19.1 Å². The maximum absolute atomic E-state index is 13.1. The average molecular weight is 250 g/mol. The maximum atomic E-state index is 13.1. The standard InChI is InChI=1S/C12H11FN2O3/c1-2-3-6-14-12(18)15-8-4-5-10(13)9(7-8)11(16)17/h1,4-5,7H,3,6H2,(H,16,17)(H2,14,15,18). The molecule has 0 heterocycles. The van der Waals surface area contributed by atoms with Gasteiger partial charge in [0.2, 0.25) is 0 Å². The first-order chi connectivity index (χ1) is 8.54. The van der Waals surface area contributed by atoms with Gasteiger partial charge in [-0.25, -0.2) is 14.0 Å². The lowest BCUT2D eigenvalue weighted by atomic mass is 10.2. The monoisotopic (exact) mass is 250 g/mol. The van der Waals surface area contributed by atoms with Gasteiger partial charge < -0.3 is 15.7 Å². The van der Waals surface area contributed by atoms with Crippen molar-refractivity contribution in [3.05, 3.63) is 29.6 Å². The van der Waals surface area contributed by atoms with E-state index in [1.807, 2.05) is 0 Å². The van der Waals surface area contributed by atoms with Crippen molar-refractivity contribution >= 4 is 17.7 Å². The molecule has 1 aromatic rings. The Hall–Kier alpha value is -2.55. The molecule has 1 aromatic carbocycles. The number of carboxylic acids is 1. The lowest BCUT2D eigenvalue weighted by Crippen LogP contribution is -2.29. The van der Waals surface area contributed by atoms with Crippen LogP contribution in [0.3, 0.4) is 0 Å². The van der Waals surface area contributed by atoms with E-state index in [0.29, 0.717) is 13.0 Å². The van der Waals surface area contributed by atoms with Gasteiger partial charge in [-0.3, -0.25) is 0 Å². The SMILES string of the molecule is C#CCCNC(=O)Nc1ccc(F)c(C(=O)O)c1. The molecule has 0 radical (unpaired) electrons. The van der Waals surface area contributed by atoms with E-state index in [-0.39, 0.29) is 5.69 Å². The highest BCUT2D eigenvalue weighted by atomic mass is 19.1. The van der Waals surface area contributed by atoms with Crippen molar-refractivity contribution in [2.24, 2.45) is 0 Å². The first-order valence-electron chi connectivity index (χ1n) is 5.05. The number of benzene rings is 1. The Bertz CT molecular complexity index is 509. The summed E-state index contributed by atoms with van der Waals surface area (Å²) >= 11 is 0. The van der Waals surface area contributed by atoms with Gasteiger partial charge in [0.15, 0.2) is 0 Å². The minimum atomic E-state index is -1.40. The zero-order valence-corrected chi connectivity index (χ0v) is 9.37. The Balaban J connectivity index is 2.68. The molecule has 0 fully saturated rings. The molecule has 94 valence electrons. The minimum Gasteiger partial charge on any atom is -0.478 e. The van der Waals surface area contributed by atoms with Crippen molar-refractivity contribution in [1.82, 2.24) is 5.32 Å². The van der Waals surface area contributed by atoms with Gasteiger partial charge in [0.1, 0.15) is 5.82 Å². The molecule has 0 aliphatic carbocycles. The van der Waals surface area contributed by atoms with E-state index in [2.05, 4.69) is 16.6 Å². The predicted molar refractivity (Wildman–Crippen MR) is 63.8 cm³/mol. The second-order valence-corrected chi connectivity index (χ2v) is 3.33. The summed E-state index contributed by atoms with van der Waals surface area (Å²) in [6.45, 7) is 0.301. The molecule has 0 atom stereocenters. The van der Waals surface area contributed by atoms with Gasteiger partial charge in [-0.2, -0.15) is 0 Å². The van der Waals surface area contributed by atoms with Gasteiger partial charge in [-0.15, -0.1) is 12.3 Å². The quantitative estimate of drug-likeness (QED) is 0.561. The van der Waals surface area contributed by atoms with E-state index in [1.54, 1.807) is 0 Å². The fourth-order valence-corrected chi connectivity index (χ4v) is 1.19. The summed E-state index contributed by atoms with van der Waals surface area (Å²) in [4.78, 5) is 22.0. The zero-order chi connectivity index (χ0) is 13.5. The normalized spacial score (nSPS) is 9.33. The van der Waals surface area contributed by atoms with Crippen LogP contribution in [0.4, 0.5) is 14.9 Å². The number of hydrogen-bond donors (Lipinski definition) is 3. The third kappa shape index (κ3) is 3.79. The summed E-state index contributed by atoms with van der Waals surface area (Å²) in [7, 11) is 0. The van der Waals surface area contributed by atoms with Crippen molar-refractivity contribution in [1.29, 1.82) is 0 Å². The summed E-state index contributed by atoms with van der Waals surface area (Å²) < 4.78 is 13.1. The summed E-state index contributed by atoms with van der Waals surface area (Å²) in [5, 5.41) is 13.5. The molecule has 0 bridgehead atoms. The van der Waals surface area contributed by atoms with Crippen LogP contribution >= 0.6 is 0 Å². The molecule has 0 aliphatic heterocycles. The number of halogens is 1. The van der Waals surface area contributed by atoms with Gasteiger partial charge in [0.25, 0.3) is 0 Å². The second-order valence-electron chi connectivity index (χ2n) is 3.33. The highest BCUT2D eigenvalue weighted by Gasteiger charge is 2.11. The Morgan fingerprint density at radius 3 is 2.78 bits per heavy atom. The Labute approximate surface area is 103 Å². The Kier molecular flexibility index (Phi) is 4.69. The second kappa shape index (κ2) is 6.25. The van der Waals surface area contributed by atoms with Crippen LogP contribution in [-0.4, -0.2) is 23.7 Å². The third-order valence-electron chi connectivity index (χ3n) is 2.01. The number of amides is 2. The lowest BCUT2D eigenvalue weighted by molar-refractivity contribution is 0.0692. The topological polar surface area (TPSA) is 78.4 Å². The average Bonchev–Trinajstić information content (AvgIpc) is 2.31. The number of aromatic carboxylic acids is 1. The number of terminal acetylenes is 1. The van der Waals surface area contributed by atoms with Gasteiger partial charge in [0, 0.05) is 18.7 Å². The van der Waals surface area contributed by atoms with Crippen LogP contribution in [0.2, 0.25) is 0 Å². The molecule has 5 nitrogen and oxygen atoms in total. The maximum Gasteiger partial charge on any atom is 0.338 e. The van der Waals surface area contributed by atoms with Crippen LogP contribution in [0.5, 0.6) is 0 Å². The van der Waals surface area contributed by atoms with Crippen LogP contribution in [0.1, 0.15) is 16.8 Å². The largest absolute Gasteiger partial charge is 0.478 e. The molecular formula is C12H11FN2O3. The number of carboxylic acid groups (broad SMARTS) is 1. The van der Waals surface area contributed by atoms with Crippen molar-refractivity contribution in [3.8, 4) is 12.3 Å². The smallest absolute Gasteiger partial charge is 0.338 e. The van der Waals surface area contributed by atoms with E-state index in [4.69, 9.17) is 11.5 Å². The highest BCUT2D eigenvalue weighted by Crippen LogP contribution is 2.14. The van der Waals surface area contributed by atoms with E-state index < -0.39 is 23.4 Å². The molecule has 3 N–H and O–H groups in total. The van der Waals surface area contributed by atoms with Crippen LogP contribution in [0, 0.1) is 18.2 Å². The van der Waals surface area contributed by atoms with Crippen LogP contribution < -0.4 is 10.6 Å². The summed E-state index contributed by atoms with van der Waals surface area (Å²) in [5.41, 5.74) is -0.316. The molecule has 0 aliphatic rings. The first kappa shape index (κ1) is 13.5. The number of carbonyl (C=O) groups excluding carboxylic acids is 1. The number of urea groups is 1. The van der Waals surface area contributed by atoms with Crippen molar-refractivity contribution in [2.75, 3.05) is 11.9 Å². The van der Waals surface area contributed by atoms with E-state index in [1.165, 1.54) is 6.07 Å². The predicted octanol–water partition coefficient (Wildman–Crippen LogP) is 1.67. The van der Waals surface area contributed by atoms with Gasteiger partial charge >= 0.3 is 12.0 Å². The number of carbonyl (C=O) groups is 2. The first-order valence-corrected chi connectivity index (χ1v) is 5.05. The fraction of sp³-hybridized carbons (Fsp3) is 0.167. The number of anilines is 1. The van der Waals surface area contributed by atoms with Gasteiger partial charge in [0.05, 0.1) is 5.56 Å². The molecule has 6 heteroatoms. The molecule has 0 saturated heterocycles. The summed E-state index contributed by atoms with van der Waals surface area (Å²) in [6.07, 6.45) is 5.39. The number of rotatable bonds is 4. The Morgan fingerprint density at radius 2 is 2.17 bits per heavy atom. The van der Waals surface area contributed by atoms with Gasteiger partial charge in [-0.05, 0) is 18.2 Å². The number of nitrogens with one attached hydrogen (secondary N) is 2. The van der Waals surface area contributed by atoms with E-state index in [9.17, 15) is 14.0 Å². The molecule has 2 amide bonds. The molecule has 0 saturated carbocycles. The fourth-order valence-electron chi connectivity index (χ4n) is 1.19. The van der Waals surface area contributed by atoms with Crippen molar-refractivity contribution in [2.45, 2.75) is 6.42 Å². The third-order valence-corrected chi connectivity index (χ3v) is 2.01. The molecule has 0 aromatic heterocycles. The van der Waals surface area contributed by atoms with Crippen LogP contribution in [0.15, 0.2) is 18.2 Å². The molecule has 18 heavy (non-hydrogen) atoms. The molecular weight excluding hydrogens is 239 g/mol. The lowest BCUT2D eigenvalue weighted by Gasteiger charge is -2.07. The summed E-state index contributed by atoms with van der Waals surface area (Å²) in [5.74, 6) is 0.0891. The summed E-state index contributed by atoms with van der Waals surface area (Å²) in [6, 6.07) is 2.75. The van der Waals surface area contributed by atoms with Crippen LogP contribution in [0.25, 0.3) is 0 Å². The molecule has 1 rings (SSSR count). The van der Waals surface area contributed by atoms with Crippen LogP contribution in [-0.2, 0) is 0 Å². The van der Waals surface area contributed by atoms with Crippen molar-refractivity contribution in [3.63, 3.8) is 0 Å². The Morgan fingerprint density at radius 1 is 1.44 bits per heavy atom.